The van der Waals surface area contributed by atoms with Crippen LogP contribution in [0.1, 0.15) is 31.2 Å². The van der Waals surface area contributed by atoms with Gasteiger partial charge in [-0.15, -0.1) is 11.3 Å². The van der Waals surface area contributed by atoms with Crippen LogP contribution in [0.3, 0.4) is 0 Å². The van der Waals surface area contributed by atoms with Gasteiger partial charge in [0, 0.05) is 24.5 Å². The molecule has 0 N–H and O–H groups in total. The van der Waals surface area contributed by atoms with Gasteiger partial charge in [0.25, 0.3) is 0 Å². The first kappa shape index (κ1) is 12.1. The summed E-state index contributed by atoms with van der Waals surface area (Å²) in [7, 11) is 0. The summed E-state index contributed by atoms with van der Waals surface area (Å²) in [4.78, 5) is 3.95. The van der Waals surface area contributed by atoms with Gasteiger partial charge in [-0.3, -0.25) is 4.90 Å². The van der Waals surface area contributed by atoms with Gasteiger partial charge in [-0.05, 0) is 22.4 Å². The Hall–Kier alpha value is -0.380. The quantitative estimate of drug-likeness (QED) is 0.787. The first-order valence-electron chi connectivity index (χ1n) is 5.94. The summed E-state index contributed by atoms with van der Waals surface area (Å²) in [5.74, 6) is 0. The Morgan fingerprint density at radius 1 is 1.31 bits per heavy atom. The Bertz CT molecular complexity index is 334. The second-order valence-electron chi connectivity index (χ2n) is 5.44. The summed E-state index contributed by atoms with van der Waals surface area (Å²) in [5.41, 5.74) is 1.74. The van der Waals surface area contributed by atoms with Gasteiger partial charge in [-0.2, -0.15) is 0 Å². The van der Waals surface area contributed by atoms with Crippen LogP contribution in [0.5, 0.6) is 0 Å². The lowest BCUT2D eigenvalue weighted by atomic mass is 9.89. The van der Waals surface area contributed by atoms with Crippen molar-refractivity contribution in [2.24, 2.45) is 0 Å². The molecule has 1 aliphatic rings. The molecule has 0 atom stereocenters. The highest BCUT2D eigenvalue weighted by molar-refractivity contribution is 7.10. The minimum Gasteiger partial charge on any atom is -0.379 e. The summed E-state index contributed by atoms with van der Waals surface area (Å²) in [6, 6.07) is 2.36. The minimum absolute atomic E-state index is 0.278. The van der Waals surface area contributed by atoms with E-state index in [1.165, 1.54) is 10.4 Å². The molecule has 16 heavy (non-hydrogen) atoms. The molecule has 0 amide bonds. The van der Waals surface area contributed by atoms with Gasteiger partial charge in [0.05, 0.1) is 13.2 Å². The molecular weight excluding hydrogens is 218 g/mol. The van der Waals surface area contributed by atoms with E-state index in [-0.39, 0.29) is 5.41 Å². The number of ether oxygens (including phenoxy) is 1. The highest BCUT2D eigenvalue weighted by atomic mass is 32.1. The Labute approximate surface area is 102 Å². The molecule has 0 bridgehead atoms. The second kappa shape index (κ2) is 4.86. The van der Waals surface area contributed by atoms with E-state index in [1.54, 1.807) is 0 Å². The van der Waals surface area contributed by atoms with Gasteiger partial charge < -0.3 is 4.74 Å². The molecule has 1 aliphatic heterocycles. The standard InChI is InChI=1S/C13H21NOS/c1-13(2,3)11-8-12(16-10-11)9-14-4-6-15-7-5-14/h8,10H,4-7,9H2,1-3H3. The van der Waals surface area contributed by atoms with Gasteiger partial charge in [0.2, 0.25) is 0 Å². The molecule has 90 valence electrons. The van der Waals surface area contributed by atoms with Crippen LogP contribution in [0.25, 0.3) is 0 Å². The van der Waals surface area contributed by atoms with Crippen LogP contribution in [0.4, 0.5) is 0 Å². The third kappa shape index (κ3) is 3.06. The van der Waals surface area contributed by atoms with Crippen LogP contribution < -0.4 is 0 Å². The van der Waals surface area contributed by atoms with E-state index in [9.17, 15) is 0 Å². The lowest BCUT2D eigenvalue weighted by Gasteiger charge is -2.25. The molecule has 2 heterocycles. The molecule has 2 nitrogen and oxygen atoms in total. The molecule has 0 saturated carbocycles. The average Bonchev–Trinajstić information content (AvgIpc) is 2.67. The first-order valence-corrected chi connectivity index (χ1v) is 6.82. The number of rotatable bonds is 2. The third-order valence-corrected chi connectivity index (χ3v) is 3.92. The van der Waals surface area contributed by atoms with Gasteiger partial charge in [0.1, 0.15) is 0 Å². The molecule has 0 aliphatic carbocycles. The van der Waals surface area contributed by atoms with E-state index in [0.29, 0.717) is 0 Å². The number of morpholine rings is 1. The summed E-state index contributed by atoms with van der Waals surface area (Å²) in [6.07, 6.45) is 0. The van der Waals surface area contributed by atoms with Gasteiger partial charge in [-0.25, -0.2) is 0 Å². The number of hydrogen-bond donors (Lipinski definition) is 0. The van der Waals surface area contributed by atoms with Crippen LogP contribution in [-0.2, 0) is 16.7 Å². The number of nitrogens with zero attached hydrogens (tertiary/aromatic N) is 1. The molecule has 2 rings (SSSR count). The Morgan fingerprint density at radius 2 is 2.00 bits per heavy atom. The van der Waals surface area contributed by atoms with Gasteiger partial charge in [0.15, 0.2) is 0 Å². The van der Waals surface area contributed by atoms with Crippen molar-refractivity contribution in [1.29, 1.82) is 0 Å². The van der Waals surface area contributed by atoms with Gasteiger partial charge >= 0.3 is 0 Å². The fourth-order valence-corrected chi connectivity index (χ4v) is 2.99. The van der Waals surface area contributed by atoms with Crippen molar-refractivity contribution in [2.75, 3.05) is 26.3 Å². The van der Waals surface area contributed by atoms with Crippen LogP contribution in [0.2, 0.25) is 0 Å². The van der Waals surface area contributed by atoms with Crippen LogP contribution >= 0.6 is 11.3 Å². The lowest BCUT2D eigenvalue weighted by molar-refractivity contribution is 0.0346. The maximum atomic E-state index is 5.36. The van der Waals surface area contributed by atoms with Crippen molar-refractivity contribution in [1.82, 2.24) is 4.90 Å². The fourth-order valence-electron chi connectivity index (χ4n) is 1.84. The van der Waals surface area contributed by atoms with Crippen LogP contribution in [-0.4, -0.2) is 31.2 Å². The zero-order chi connectivity index (χ0) is 11.6. The van der Waals surface area contributed by atoms with E-state index in [0.717, 1.165) is 32.8 Å². The zero-order valence-electron chi connectivity index (χ0n) is 10.5. The highest BCUT2D eigenvalue weighted by Crippen LogP contribution is 2.27. The molecule has 0 aromatic carbocycles. The van der Waals surface area contributed by atoms with Gasteiger partial charge in [-0.1, -0.05) is 20.8 Å². The van der Waals surface area contributed by atoms with E-state index < -0.39 is 0 Å². The molecule has 0 unspecified atom stereocenters. The fraction of sp³-hybridized carbons (Fsp3) is 0.692. The van der Waals surface area contributed by atoms with Crippen molar-refractivity contribution in [2.45, 2.75) is 32.7 Å². The molecule has 1 aromatic heterocycles. The second-order valence-corrected chi connectivity index (χ2v) is 6.44. The van der Waals surface area contributed by atoms with Crippen molar-refractivity contribution >= 4 is 11.3 Å². The molecule has 1 aromatic rings. The van der Waals surface area contributed by atoms with Crippen molar-refractivity contribution < 1.29 is 4.74 Å². The molecule has 0 radical (unpaired) electrons. The Balaban J connectivity index is 1.97. The van der Waals surface area contributed by atoms with E-state index >= 15 is 0 Å². The summed E-state index contributed by atoms with van der Waals surface area (Å²) < 4.78 is 5.36. The largest absolute Gasteiger partial charge is 0.379 e. The topological polar surface area (TPSA) is 12.5 Å². The molecule has 1 fully saturated rings. The average molecular weight is 239 g/mol. The summed E-state index contributed by atoms with van der Waals surface area (Å²) in [5, 5.41) is 2.30. The molecule has 0 spiro atoms. The summed E-state index contributed by atoms with van der Waals surface area (Å²) in [6.45, 7) is 11.8. The summed E-state index contributed by atoms with van der Waals surface area (Å²) >= 11 is 1.89. The van der Waals surface area contributed by atoms with Crippen molar-refractivity contribution in [3.8, 4) is 0 Å². The van der Waals surface area contributed by atoms with E-state index in [1.807, 2.05) is 11.3 Å². The predicted octanol–water partition coefficient (Wildman–Crippen LogP) is 2.88. The van der Waals surface area contributed by atoms with Crippen molar-refractivity contribution in [3.63, 3.8) is 0 Å². The van der Waals surface area contributed by atoms with Crippen LogP contribution in [0, 0.1) is 0 Å². The third-order valence-electron chi connectivity index (χ3n) is 3.00. The van der Waals surface area contributed by atoms with E-state index in [4.69, 9.17) is 4.74 Å². The number of hydrogen-bond acceptors (Lipinski definition) is 3. The maximum Gasteiger partial charge on any atom is 0.0594 e. The SMILES string of the molecule is CC(C)(C)c1csc(CN2CCOCC2)c1. The minimum atomic E-state index is 0.278. The molecule has 3 heteroatoms. The zero-order valence-corrected chi connectivity index (χ0v) is 11.3. The lowest BCUT2D eigenvalue weighted by Crippen LogP contribution is -2.35. The van der Waals surface area contributed by atoms with E-state index in [2.05, 4.69) is 37.1 Å². The highest BCUT2D eigenvalue weighted by Gasteiger charge is 2.17. The molecular formula is C13H21NOS. The number of thiophene rings is 1. The van der Waals surface area contributed by atoms with Crippen LogP contribution in [0.15, 0.2) is 11.4 Å². The first-order chi connectivity index (χ1) is 7.55. The maximum absolute atomic E-state index is 5.36. The molecule has 1 saturated heterocycles. The monoisotopic (exact) mass is 239 g/mol. The normalized spacial score (nSPS) is 18.9. The smallest absolute Gasteiger partial charge is 0.0594 e. The predicted molar refractivity (Wildman–Crippen MR) is 69.1 cm³/mol. The Morgan fingerprint density at radius 3 is 2.56 bits per heavy atom. The Kier molecular flexibility index (Phi) is 3.67. The van der Waals surface area contributed by atoms with Crippen molar-refractivity contribution in [3.05, 3.63) is 21.9 Å².